The fourth-order valence-corrected chi connectivity index (χ4v) is 3.05. The molecule has 1 aromatic carbocycles. The summed E-state index contributed by atoms with van der Waals surface area (Å²) in [4.78, 5) is 11.3. The number of halogens is 2. The summed E-state index contributed by atoms with van der Waals surface area (Å²) in [7, 11) is -2.50. The van der Waals surface area contributed by atoms with Gasteiger partial charge in [0.1, 0.15) is 0 Å². The highest BCUT2D eigenvalue weighted by Gasteiger charge is 2.31. The van der Waals surface area contributed by atoms with Crippen molar-refractivity contribution < 1.29 is 27.5 Å². The summed E-state index contributed by atoms with van der Waals surface area (Å²) in [6.45, 7) is 2.56. The van der Waals surface area contributed by atoms with E-state index in [1.807, 2.05) is 0 Å². The van der Waals surface area contributed by atoms with Gasteiger partial charge in [-0.05, 0) is 25.1 Å². The summed E-state index contributed by atoms with van der Waals surface area (Å²) in [6, 6.07) is 4.43. The number of carbonyl (C=O) groups is 1. The first-order chi connectivity index (χ1) is 11.6. The van der Waals surface area contributed by atoms with Crippen LogP contribution in [0.5, 0.6) is 11.5 Å². The average Bonchev–Trinajstić information content (AvgIpc) is 2.86. The van der Waals surface area contributed by atoms with Crippen LogP contribution in [0.25, 0.3) is 11.3 Å². The van der Waals surface area contributed by atoms with Gasteiger partial charge in [0.05, 0.1) is 15.8 Å². The minimum atomic E-state index is -3.72. The van der Waals surface area contributed by atoms with Crippen LogP contribution in [-0.4, -0.2) is 32.3 Å². The average molecular weight is 408 g/mol. The Hall–Kier alpha value is -1.90. The Bertz CT molecular complexity index is 922. The van der Waals surface area contributed by atoms with Crippen molar-refractivity contribution in [3.63, 3.8) is 0 Å². The molecular formula is C15H15Cl2NO6S. The lowest BCUT2D eigenvalue weighted by atomic mass is 10.1. The Morgan fingerprint density at radius 3 is 2.48 bits per heavy atom. The highest BCUT2D eigenvalue weighted by atomic mass is 35.5. The quantitative estimate of drug-likeness (QED) is 0.759. The normalized spacial score (nSPS) is 11.4. The van der Waals surface area contributed by atoms with Gasteiger partial charge in [-0.15, -0.1) is 0 Å². The molecule has 1 N–H and O–H groups in total. The van der Waals surface area contributed by atoms with Crippen LogP contribution in [0.2, 0.25) is 10.0 Å². The molecule has 10 heteroatoms. The number of ether oxygens (including phenoxy) is 1. The summed E-state index contributed by atoms with van der Waals surface area (Å²) in [6.07, 6.45) is 0. The molecule has 2 aromatic rings. The van der Waals surface area contributed by atoms with Crippen molar-refractivity contribution in [2.75, 3.05) is 17.1 Å². The number of aromatic hydroxyl groups is 1. The van der Waals surface area contributed by atoms with Gasteiger partial charge in [-0.2, -0.15) is 0 Å². The zero-order valence-corrected chi connectivity index (χ0v) is 15.9. The second kappa shape index (κ2) is 7.15. The Morgan fingerprint density at radius 2 is 1.96 bits per heavy atom. The molecule has 0 spiro atoms. The molecule has 1 aromatic heterocycles. The lowest BCUT2D eigenvalue weighted by molar-refractivity contribution is -0.132. The summed E-state index contributed by atoms with van der Waals surface area (Å²) >= 11 is 11.8. The second-order valence-electron chi connectivity index (χ2n) is 5.00. The van der Waals surface area contributed by atoms with Crippen LogP contribution >= 0.6 is 23.2 Å². The summed E-state index contributed by atoms with van der Waals surface area (Å²) in [5.41, 5.74) is 0.328. The number of hydrogen-bond acceptors (Lipinski definition) is 6. The molecule has 0 saturated carbocycles. The van der Waals surface area contributed by atoms with Gasteiger partial charge in [0.2, 0.25) is 21.5 Å². The maximum Gasteiger partial charge on any atom is 0.308 e. The first-order valence-corrected chi connectivity index (χ1v) is 9.41. The Kier molecular flexibility index (Phi) is 5.55. The lowest BCUT2D eigenvalue weighted by Crippen LogP contribution is -2.28. The lowest BCUT2D eigenvalue weighted by Gasteiger charge is -2.16. The van der Waals surface area contributed by atoms with Gasteiger partial charge in [0, 0.05) is 19.5 Å². The van der Waals surface area contributed by atoms with Gasteiger partial charge in [-0.25, -0.2) is 12.7 Å². The van der Waals surface area contributed by atoms with Gasteiger partial charge in [0.25, 0.3) is 5.88 Å². The predicted molar refractivity (Wildman–Crippen MR) is 95.0 cm³/mol. The van der Waals surface area contributed by atoms with Crippen molar-refractivity contribution in [3.05, 3.63) is 28.2 Å². The number of hydrogen-bond donors (Lipinski definition) is 1. The molecule has 0 bridgehead atoms. The van der Waals surface area contributed by atoms with E-state index >= 15 is 0 Å². The monoisotopic (exact) mass is 407 g/mol. The highest BCUT2D eigenvalue weighted by molar-refractivity contribution is 7.92. The van der Waals surface area contributed by atoms with Crippen LogP contribution in [0.3, 0.4) is 0 Å². The molecule has 1 heterocycles. The molecule has 136 valence electrons. The molecule has 0 radical (unpaired) electrons. The first-order valence-electron chi connectivity index (χ1n) is 7.04. The number of benzene rings is 1. The molecule has 0 saturated heterocycles. The Balaban J connectivity index is 2.67. The number of anilines is 1. The standard InChI is InChI=1S/C15H15Cl2NO6S/c1-4-25(21,22)18(3)15-14(23-8(2)19)12(20)13(24-15)9-5-6-10(16)11(17)7-9/h5-7,20H,4H2,1-3H3. The number of furan rings is 1. The molecule has 0 aliphatic rings. The molecule has 25 heavy (non-hydrogen) atoms. The number of sulfonamides is 1. The van der Waals surface area contributed by atoms with Gasteiger partial charge in [-0.3, -0.25) is 4.79 Å². The maximum atomic E-state index is 12.1. The van der Waals surface area contributed by atoms with Crippen molar-refractivity contribution in [1.29, 1.82) is 0 Å². The topological polar surface area (TPSA) is 97.1 Å². The van der Waals surface area contributed by atoms with E-state index in [1.165, 1.54) is 32.2 Å². The summed E-state index contributed by atoms with van der Waals surface area (Å²) < 4.78 is 35.4. The molecule has 0 unspecified atom stereocenters. The first kappa shape index (κ1) is 19.4. The Labute approximate surface area is 154 Å². The van der Waals surface area contributed by atoms with E-state index in [4.69, 9.17) is 32.4 Å². The highest BCUT2D eigenvalue weighted by Crippen LogP contribution is 2.48. The van der Waals surface area contributed by atoms with Crippen LogP contribution in [0.15, 0.2) is 22.6 Å². The van der Waals surface area contributed by atoms with Gasteiger partial charge in [0.15, 0.2) is 5.76 Å². The number of carbonyl (C=O) groups excluding carboxylic acids is 1. The van der Waals surface area contributed by atoms with Crippen molar-refractivity contribution in [3.8, 4) is 22.8 Å². The van der Waals surface area contributed by atoms with E-state index in [1.54, 1.807) is 0 Å². The third-order valence-electron chi connectivity index (χ3n) is 3.32. The SMILES string of the molecule is CCS(=O)(=O)N(C)c1oc(-c2ccc(Cl)c(Cl)c2)c(O)c1OC(C)=O. The summed E-state index contributed by atoms with van der Waals surface area (Å²) in [5.74, 6) is -2.32. The zero-order valence-electron chi connectivity index (χ0n) is 13.5. The molecule has 2 rings (SSSR count). The Morgan fingerprint density at radius 1 is 1.32 bits per heavy atom. The minimum Gasteiger partial charge on any atom is -0.502 e. The molecule has 0 fully saturated rings. The van der Waals surface area contributed by atoms with Crippen molar-refractivity contribution in [2.24, 2.45) is 0 Å². The number of rotatable bonds is 5. The number of esters is 1. The smallest absolute Gasteiger partial charge is 0.308 e. The van der Waals surface area contributed by atoms with Crippen molar-refractivity contribution >= 4 is 45.1 Å². The predicted octanol–water partition coefficient (Wildman–Crippen LogP) is 3.67. The second-order valence-corrected chi connectivity index (χ2v) is 8.11. The van der Waals surface area contributed by atoms with Crippen LogP contribution in [0, 0.1) is 0 Å². The molecule has 0 amide bonds. The van der Waals surface area contributed by atoms with Crippen LogP contribution in [0.1, 0.15) is 13.8 Å². The number of nitrogens with zero attached hydrogens (tertiary/aromatic N) is 1. The van der Waals surface area contributed by atoms with Crippen molar-refractivity contribution in [2.45, 2.75) is 13.8 Å². The zero-order chi connectivity index (χ0) is 18.9. The van der Waals surface area contributed by atoms with Crippen molar-refractivity contribution in [1.82, 2.24) is 0 Å². The van der Waals surface area contributed by atoms with E-state index in [0.29, 0.717) is 10.6 Å². The van der Waals surface area contributed by atoms with E-state index in [0.717, 1.165) is 11.2 Å². The maximum absolute atomic E-state index is 12.1. The van der Waals surface area contributed by atoms with E-state index in [9.17, 15) is 18.3 Å². The van der Waals surface area contributed by atoms with Gasteiger partial charge < -0.3 is 14.3 Å². The van der Waals surface area contributed by atoms with Gasteiger partial charge in [-0.1, -0.05) is 23.2 Å². The molecule has 0 aliphatic carbocycles. The fraction of sp³-hybridized carbons (Fsp3) is 0.267. The van der Waals surface area contributed by atoms with Gasteiger partial charge >= 0.3 is 5.97 Å². The molecule has 0 aliphatic heterocycles. The summed E-state index contributed by atoms with van der Waals surface area (Å²) in [5, 5.41) is 10.9. The van der Waals surface area contributed by atoms with E-state index < -0.39 is 27.5 Å². The van der Waals surface area contributed by atoms with Crippen LogP contribution in [-0.2, 0) is 14.8 Å². The van der Waals surface area contributed by atoms with E-state index in [-0.39, 0.29) is 22.4 Å². The largest absolute Gasteiger partial charge is 0.502 e. The van der Waals surface area contributed by atoms with Crippen LogP contribution < -0.4 is 9.04 Å². The fourth-order valence-electron chi connectivity index (χ4n) is 1.99. The molecular weight excluding hydrogens is 393 g/mol. The minimum absolute atomic E-state index is 0.108. The third-order valence-corrected chi connectivity index (χ3v) is 5.79. The molecule has 7 nitrogen and oxygen atoms in total. The van der Waals surface area contributed by atoms with Crippen LogP contribution in [0.4, 0.5) is 5.88 Å². The third kappa shape index (κ3) is 3.86. The van der Waals surface area contributed by atoms with E-state index in [2.05, 4.69) is 0 Å². The molecule has 0 atom stereocenters.